The molecule has 0 saturated carbocycles. The Kier molecular flexibility index (Phi) is 6.66. The van der Waals surface area contributed by atoms with Crippen LogP contribution < -0.4 is 15.5 Å². The van der Waals surface area contributed by atoms with Crippen molar-refractivity contribution >= 4 is 20.3 Å². The molecule has 0 saturated heterocycles. The van der Waals surface area contributed by atoms with Crippen molar-refractivity contribution in [3.05, 3.63) is 80.5 Å². The molecule has 1 aliphatic rings. The number of amides is 1. The lowest BCUT2D eigenvalue weighted by Gasteiger charge is -2.26. The number of carbonyl (C=O) groups is 1. The molecule has 0 radical (unpaired) electrons. The van der Waals surface area contributed by atoms with Crippen molar-refractivity contribution in [3.8, 4) is 11.1 Å². The van der Waals surface area contributed by atoms with Crippen LogP contribution in [-0.2, 0) is 12.7 Å². The summed E-state index contributed by atoms with van der Waals surface area (Å²) in [7, 11) is 0.618. The second kappa shape index (κ2) is 9.48. The minimum atomic E-state index is -0.151. The number of fused-ring (bicyclic) bond motifs is 1. The summed E-state index contributed by atoms with van der Waals surface area (Å²) in [6, 6.07) is 10.5. The van der Waals surface area contributed by atoms with Gasteiger partial charge in [0.15, 0.2) is 0 Å². The van der Waals surface area contributed by atoms with Crippen LogP contribution in [0.5, 0.6) is 0 Å². The molecule has 33 heavy (non-hydrogen) atoms. The van der Waals surface area contributed by atoms with E-state index in [2.05, 4.69) is 39.9 Å². The number of carbonyl (C=O) groups excluding carboxylic acids is 1. The molecule has 1 aromatic carbocycles. The number of nitrogens with one attached hydrogen (secondary N) is 2. The van der Waals surface area contributed by atoms with E-state index in [4.69, 9.17) is 0 Å². The highest BCUT2D eigenvalue weighted by atomic mass is 31.1. The van der Waals surface area contributed by atoms with E-state index in [9.17, 15) is 9.59 Å². The molecule has 2 unspecified atom stereocenters. The molecular weight excluding hydrogens is 431 g/mol. The number of aromatic nitrogens is 2. The van der Waals surface area contributed by atoms with Gasteiger partial charge in [0.1, 0.15) is 0 Å². The van der Waals surface area contributed by atoms with Crippen molar-refractivity contribution in [2.75, 3.05) is 4.67 Å². The Bertz CT molecular complexity index is 1250. The molecule has 2 atom stereocenters. The van der Waals surface area contributed by atoms with Crippen LogP contribution in [0.15, 0.2) is 41.3 Å². The fraction of sp³-hybridized carbons (Fsp3) is 0.346. The molecule has 0 bridgehead atoms. The van der Waals surface area contributed by atoms with Crippen LogP contribution >= 0.6 is 8.73 Å². The number of H-pyrrole nitrogens is 1. The van der Waals surface area contributed by atoms with Crippen LogP contribution in [0.4, 0.5) is 5.69 Å². The standard InChI is InChI=1S/C26H31N4O2P/c1-6-18(5)30-24-11-20(19-8-7-16(3)27-12-19)10-21(23(24)14-33-30)25(31)28-13-22-15(2)9-17(4)29-26(22)32/h7-12,18,33H,6,13-14H2,1-5H3,(H,28,31)(H,29,32). The maximum Gasteiger partial charge on any atom is 0.253 e. The average molecular weight is 463 g/mol. The second-order valence-corrected chi connectivity index (χ2v) is 9.95. The van der Waals surface area contributed by atoms with Crippen molar-refractivity contribution in [3.63, 3.8) is 0 Å². The summed E-state index contributed by atoms with van der Waals surface area (Å²) in [5.41, 5.74) is 7.97. The van der Waals surface area contributed by atoms with Crippen LogP contribution in [-0.4, -0.2) is 21.9 Å². The van der Waals surface area contributed by atoms with E-state index in [0.29, 0.717) is 25.9 Å². The molecule has 2 N–H and O–H groups in total. The van der Waals surface area contributed by atoms with Crippen molar-refractivity contribution < 1.29 is 4.79 Å². The fourth-order valence-electron chi connectivity index (χ4n) is 4.26. The lowest BCUT2D eigenvalue weighted by Crippen LogP contribution is -2.28. The predicted molar refractivity (Wildman–Crippen MR) is 136 cm³/mol. The number of pyridine rings is 2. The van der Waals surface area contributed by atoms with E-state index in [0.717, 1.165) is 51.9 Å². The van der Waals surface area contributed by atoms with E-state index in [1.54, 1.807) is 0 Å². The number of anilines is 1. The van der Waals surface area contributed by atoms with Gasteiger partial charge >= 0.3 is 0 Å². The molecule has 3 heterocycles. The highest BCUT2D eigenvalue weighted by Gasteiger charge is 2.28. The lowest BCUT2D eigenvalue weighted by atomic mass is 9.97. The summed E-state index contributed by atoms with van der Waals surface area (Å²) in [6.45, 7) is 10.3. The Morgan fingerprint density at radius 2 is 2.00 bits per heavy atom. The first-order valence-corrected chi connectivity index (χ1v) is 12.5. The van der Waals surface area contributed by atoms with Crippen LogP contribution in [0.25, 0.3) is 11.1 Å². The Balaban J connectivity index is 1.72. The van der Waals surface area contributed by atoms with Crippen LogP contribution in [0.1, 0.15) is 58.7 Å². The maximum atomic E-state index is 13.4. The number of nitrogens with zero attached hydrogens (tertiary/aromatic N) is 2. The smallest absolute Gasteiger partial charge is 0.253 e. The summed E-state index contributed by atoms with van der Waals surface area (Å²) >= 11 is 0. The third kappa shape index (κ3) is 4.72. The van der Waals surface area contributed by atoms with E-state index in [1.807, 2.05) is 51.2 Å². The average Bonchev–Trinajstić information content (AvgIpc) is 3.21. The van der Waals surface area contributed by atoms with E-state index in [1.165, 1.54) is 0 Å². The highest BCUT2D eigenvalue weighted by Crippen LogP contribution is 2.47. The van der Waals surface area contributed by atoms with E-state index < -0.39 is 0 Å². The van der Waals surface area contributed by atoms with E-state index >= 15 is 0 Å². The number of hydrogen-bond acceptors (Lipinski definition) is 4. The maximum absolute atomic E-state index is 13.4. The summed E-state index contributed by atoms with van der Waals surface area (Å²) in [5.74, 6) is -0.150. The quantitative estimate of drug-likeness (QED) is 0.505. The van der Waals surface area contributed by atoms with Gasteiger partial charge in [-0.3, -0.25) is 14.6 Å². The van der Waals surface area contributed by atoms with Gasteiger partial charge in [-0.1, -0.05) is 13.0 Å². The van der Waals surface area contributed by atoms with Gasteiger partial charge in [-0.25, -0.2) is 0 Å². The summed E-state index contributed by atoms with van der Waals surface area (Å²) < 4.78 is 2.42. The van der Waals surface area contributed by atoms with Crippen LogP contribution in [0.3, 0.4) is 0 Å². The molecule has 3 aromatic rings. The number of benzene rings is 1. The molecule has 4 rings (SSSR count). The topological polar surface area (TPSA) is 78.1 Å². The molecule has 0 fully saturated rings. The lowest BCUT2D eigenvalue weighted by molar-refractivity contribution is 0.0950. The molecular formula is C26H31N4O2P. The molecule has 1 aliphatic heterocycles. The van der Waals surface area contributed by atoms with Crippen molar-refractivity contribution in [2.45, 2.75) is 59.8 Å². The third-order valence-corrected chi connectivity index (χ3v) is 7.89. The minimum absolute atomic E-state index is 0.150. The SMILES string of the molecule is CCC(C)N1PCc2c(C(=O)NCc3c(C)cc(C)[nH]c3=O)cc(-c3ccc(C)nc3)cc21. The van der Waals surface area contributed by atoms with Gasteiger partial charge in [0.05, 0.1) is 0 Å². The predicted octanol–water partition coefficient (Wildman–Crippen LogP) is 5.00. The van der Waals surface area contributed by atoms with Gasteiger partial charge in [0.2, 0.25) is 0 Å². The van der Waals surface area contributed by atoms with Crippen LogP contribution in [0.2, 0.25) is 0 Å². The van der Waals surface area contributed by atoms with Gasteiger partial charge in [-0.05, 0) is 83.8 Å². The molecule has 0 spiro atoms. The van der Waals surface area contributed by atoms with Crippen molar-refractivity contribution in [2.24, 2.45) is 0 Å². The molecule has 7 heteroatoms. The fourth-order valence-corrected chi connectivity index (χ4v) is 5.82. The van der Waals surface area contributed by atoms with Crippen molar-refractivity contribution in [1.82, 2.24) is 15.3 Å². The minimum Gasteiger partial charge on any atom is -0.350 e. The van der Waals surface area contributed by atoms with Gasteiger partial charge in [-0.2, -0.15) is 0 Å². The normalized spacial score (nSPS) is 14.4. The van der Waals surface area contributed by atoms with Crippen LogP contribution in [0, 0.1) is 20.8 Å². The largest absolute Gasteiger partial charge is 0.350 e. The summed E-state index contributed by atoms with van der Waals surface area (Å²) in [6.07, 6.45) is 3.76. The highest BCUT2D eigenvalue weighted by molar-refractivity contribution is 7.40. The van der Waals surface area contributed by atoms with Gasteiger partial charge in [-0.15, -0.1) is 0 Å². The molecule has 1 amide bonds. The summed E-state index contributed by atoms with van der Waals surface area (Å²) in [5, 5.41) is 3.00. The third-order valence-electron chi connectivity index (χ3n) is 6.35. The zero-order valence-electron chi connectivity index (χ0n) is 19.9. The number of aromatic amines is 1. The van der Waals surface area contributed by atoms with E-state index in [-0.39, 0.29) is 18.0 Å². The first-order chi connectivity index (χ1) is 15.8. The monoisotopic (exact) mass is 462 g/mol. The van der Waals surface area contributed by atoms with Gasteiger partial charge in [0, 0.05) is 58.7 Å². The van der Waals surface area contributed by atoms with Crippen molar-refractivity contribution in [1.29, 1.82) is 0 Å². The molecule has 172 valence electrons. The van der Waals surface area contributed by atoms with Gasteiger partial charge < -0.3 is 15.0 Å². The molecule has 6 nitrogen and oxygen atoms in total. The molecule has 0 aliphatic carbocycles. The number of hydrogen-bond donors (Lipinski definition) is 2. The first-order valence-electron chi connectivity index (χ1n) is 11.4. The zero-order chi connectivity index (χ0) is 23.7. The molecule has 2 aromatic heterocycles. The number of aryl methyl sites for hydroxylation is 3. The Morgan fingerprint density at radius 3 is 2.67 bits per heavy atom. The van der Waals surface area contributed by atoms with Gasteiger partial charge in [0.25, 0.3) is 11.5 Å². The Labute approximate surface area is 196 Å². The zero-order valence-corrected chi connectivity index (χ0v) is 20.9. The first kappa shape index (κ1) is 23.2. The second-order valence-electron chi connectivity index (χ2n) is 8.80. The Hall–Kier alpha value is -2.98. The Morgan fingerprint density at radius 1 is 1.21 bits per heavy atom. The summed E-state index contributed by atoms with van der Waals surface area (Å²) in [4.78, 5) is 33.1. The number of rotatable bonds is 6.